The molecule has 2 heterocycles. The van der Waals surface area contributed by atoms with Gasteiger partial charge in [-0.1, -0.05) is 26.0 Å². The summed E-state index contributed by atoms with van der Waals surface area (Å²) in [5, 5.41) is 5.63. The average molecular weight is 374 g/mol. The molecule has 0 saturated heterocycles. The van der Waals surface area contributed by atoms with E-state index in [2.05, 4.69) is 34.4 Å². The first kappa shape index (κ1) is 19.2. The van der Waals surface area contributed by atoms with Crippen molar-refractivity contribution in [1.29, 1.82) is 0 Å². The molecule has 0 aliphatic carbocycles. The highest BCUT2D eigenvalue weighted by Crippen LogP contribution is 2.17. The van der Waals surface area contributed by atoms with Gasteiger partial charge in [-0.15, -0.1) is 0 Å². The molecule has 2 N–H and O–H groups in total. The maximum atomic E-state index is 12.5. The van der Waals surface area contributed by atoms with Gasteiger partial charge in [-0.25, -0.2) is 0 Å². The third kappa shape index (κ3) is 5.01. The van der Waals surface area contributed by atoms with Crippen LogP contribution in [0.3, 0.4) is 0 Å². The van der Waals surface area contributed by atoms with Gasteiger partial charge in [0.1, 0.15) is 5.69 Å². The van der Waals surface area contributed by atoms with Gasteiger partial charge in [0.05, 0.1) is 0 Å². The van der Waals surface area contributed by atoms with Crippen LogP contribution in [0.15, 0.2) is 67.1 Å². The first-order valence-electron chi connectivity index (χ1n) is 9.07. The van der Waals surface area contributed by atoms with Gasteiger partial charge in [-0.2, -0.15) is 0 Å². The fourth-order valence-electron chi connectivity index (χ4n) is 2.63. The predicted molar refractivity (Wildman–Crippen MR) is 108 cm³/mol. The lowest BCUT2D eigenvalue weighted by atomic mass is 10.0. The van der Waals surface area contributed by atoms with Crippen molar-refractivity contribution >= 4 is 17.5 Å². The van der Waals surface area contributed by atoms with Crippen molar-refractivity contribution in [1.82, 2.24) is 15.3 Å². The summed E-state index contributed by atoms with van der Waals surface area (Å²) in [6.45, 7) is 4.61. The Kier molecular flexibility index (Phi) is 6.11. The molecule has 0 saturated carbocycles. The standard InChI is InChI=1S/C22H22N4O2/c1-15(2)17-3-5-19(6-4-17)26-22(28)20-13-18(9-12-24-20)21(27)25-14-16-7-10-23-11-8-16/h3-13,15H,14H2,1-2H3,(H,25,27)(H,26,28). The molecule has 2 amide bonds. The topological polar surface area (TPSA) is 84.0 Å². The molecule has 0 unspecified atom stereocenters. The summed E-state index contributed by atoms with van der Waals surface area (Å²) in [5.41, 5.74) is 3.39. The molecule has 2 aromatic heterocycles. The zero-order valence-corrected chi connectivity index (χ0v) is 15.8. The van der Waals surface area contributed by atoms with E-state index in [9.17, 15) is 9.59 Å². The highest BCUT2D eigenvalue weighted by molar-refractivity contribution is 6.04. The van der Waals surface area contributed by atoms with Crippen LogP contribution in [0, 0.1) is 0 Å². The van der Waals surface area contributed by atoms with Crippen LogP contribution in [0.5, 0.6) is 0 Å². The van der Waals surface area contributed by atoms with E-state index in [-0.39, 0.29) is 17.5 Å². The van der Waals surface area contributed by atoms with Crippen LogP contribution in [-0.4, -0.2) is 21.8 Å². The molecule has 3 rings (SSSR count). The smallest absolute Gasteiger partial charge is 0.274 e. The number of rotatable bonds is 6. The van der Waals surface area contributed by atoms with Crippen molar-refractivity contribution in [3.63, 3.8) is 0 Å². The maximum absolute atomic E-state index is 12.5. The minimum atomic E-state index is -0.360. The molecule has 6 heteroatoms. The lowest BCUT2D eigenvalue weighted by Crippen LogP contribution is -2.23. The number of aromatic nitrogens is 2. The van der Waals surface area contributed by atoms with Gasteiger partial charge in [0.15, 0.2) is 0 Å². The summed E-state index contributed by atoms with van der Waals surface area (Å²) in [7, 11) is 0. The summed E-state index contributed by atoms with van der Waals surface area (Å²) in [4.78, 5) is 32.9. The van der Waals surface area contributed by atoms with E-state index in [4.69, 9.17) is 0 Å². The minimum absolute atomic E-state index is 0.185. The predicted octanol–water partition coefficient (Wildman–Crippen LogP) is 3.78. The monoisotopic (exact) mass is 374 g/mol. The van der Waals surface area contributed by atoms with E-state index in [1.165, 1.54) is 17.8 Å². The largest absolute Gasteiger partial charge is 0.348 e. The highest BCUT2D eigenvalue weighted by Gasteiger charge is 2.12. The Balaban J connectivity index is 1.64. The summed E-state index contributed by atoms with van der Waals surface area (Å²) in [6, 6.07) is 14.4. The van der Waals surface area contributed by atoms with Gasteiger partial charge in [-0.05, 0) is 53.4 Å². The zero-order chi connectivity index (χ0) is 19.9. The fraction of sp³-hybridized carbons (Fsp3) is 0.182. The van der Waals surface area contributed by atoms with Crippen molar-refractivity contribution in [2.45, 2.75) is 26.3 Å². The summed E-state index contributed by atoms with van der Waals surface area (Å²) < 4.78 is 0. The molecule has 0 atom stereocenters. The SMILES string of the molecule is CC(C)c1ccc(NC(=O)c2cc(C(=O)NCc3ccncc3)ccn2)cc1. The van der Waals surface area contributed by atoms with Crippen molar-refractivity contribution in [3.8, 4) is 0 Å². The number of amides is 2. The molecule has 6 nitrogen and oxygen atoms in total. The van der Waals surface area contributed by atoms with Gasteiger partial charge in [0.25, 0.3) is 11.8 Å². The van der Waals surface area contributed by atoms with Crippen LogP contribution in [-0.2, 0) is 6.54 Å². The lowest BCUT2D eigenvalue weighted by molar-refractivity contribution is 0.0950. The molecule has 142 valence electrons. The van der Waals surface area contributed by atoms with Crippen molar-refractivity contribution in [2.24, 2.45) is 0 Å². The average Bonchev–Trinajstić information content (AvgIpc) is 2.73. The number of nitrogens with zero attached hydrogens (tertiary/aromatic N) is 2. The van der Waals surface area contributed by atoms with Crippen LogP contribution in [0.2, 0.25) is 0 Å². The molecule has 0 aliphatic heterocycles. The Morgan fingerprint density at radius 3 is 2.32 bits per heavy atom. The number of benzene rings is 1. The van der Waals surface area contributed by atoms with E-state index in [0.29, 0.717) is 23.7 Å². The van der Waals surface area contributed by atoms with Crippen LogP contribution < -0.4 is 10.6 Å². The molecule has 0 fully saturated rings. The Morgan fingerprint density at radius 1 is 0.929 bits per heavy atom. The molecule has 3 aromatic rings. The van der Waals surface area contributed by atoms with Gasteiger partial charge in [0.2, 0.25) is 0 Å². The molecular formula is C22H22N4O2. The number of hydrogen-bond acceptors (Lipinski definition) is 4. The number of carbonyl (C=O) groups is 2. The van der Waals surface area contributed by atoms with Crippen LogP contribution >= 0.6 is 0 Å². The van der Waals surface area contributed by atoms with Crippen LogP contribution in [0.1, 0.15) is 51.7 Å². The second kappa shape index (κ2) is 8.90. The summed E-state index contributed by atoms with van der Waals surface area (Å²) in [5.74, 6) is -0.204. The molecule has 0 bridgehead atoms. The van der Waals surface area contributed by atoms with Gasteiger partial charge in [-0.3, -0.25) is 19.6 Å². The summed E-state index contributed by atoms with van der Waals surface area (Å²) in [6.07, 6.45) is 4.80. The van der Waals surface area contributed by atoms with E-state index < -0.39 is 0 Å². The number of hydrogen-bond donors (Lipinski definition) is 2. The molecule has 0 radical (unpaired) electrons. The maximum Gasteiger partial charge on any atom is 0.274 e. The molecule has 0 aliphatic rings. The molecule has 1 aromatic carbocycles. The minimum Gasteiger partial charge on any atom is -0.348 e. The summed E-state index contributed by atoms with van der Waals surface area (Å²) >= 11 is 0. The van der Waals surface area contributed by atoms with Crippen molar-refractivity contribution < 1.29 is 9.59 Å². The highest BCUT2D eigenvalue weighted by atomic mass is 16.2. The van der Waals surface area contributed by atoms with Crippen LogP contribution in [0.4, 0.5) is 5.69 Å². The second-order valence-corrected chi connectivity index (χ2v) is 6.70. The van der Waals surface area contributed by atoms with E-state index >= 15 is 0 Å². The van der Waals surface area contributed by atoms with Gasteiger partial charge >= 0.3 is 0 Å². The first-order chi connectivity index (χ1) is 13.5. The van der Waals surface area contributed by atoms with Crippen molar-refractivity contribution in [3.05, 3.63) is 89.5 Å². The molecule has 0 spiro atoms. The molecular weight excluding hydrogens is 352 g/mol. The van der Waals surface area contributed by atoms with E-state index in [1.54, 1.807) is 18.5 Å². The van der Waals surface area contributed by atoms with Gasteiger partial charge < -0.3 is 10.6 Å². The third-order valence-electron chi connectivity index (χ3n) is 4.29. The Bertz CT molecular complexity index is 954. The Labute approximate surface area is 164 Å². The quantitative estimate of drug-likeness (QED) is 0.688. The Morgan fingerprint density at radius 2 is 1.64 bits per heavy atom. The van der Waals surface area contributed by atoms with Crippen molar-refractivity contribution in [2.75, 3.05) is 5.32 Å². The number of carbonyl (C=O) groups excluding carboxylic acids is 2. The lowest BCUT2D eigenvalue weighted by Gasteiger charge is -2.09. The molecule has 28 heavy (non-hydrogen) atoms. The van der Waals surface area contributed by atoms with E-state index in [0.717, 1.165) is 5.56 Å². The first-order valence-corrected chi connectivity index (χ1v) is 9.07. The van der Waals surface area contributed by atoms with Crippen LogP contribution in [0.25, 0.3) is 0 Å². The number of nitrogens with one attached hydrogen (secondary N) is 2. The fourth-order valence-corrected chi connectivity index (χ4v) is 2.63. The Hall–Kier alpha value is -3.54. The number of anilines is 1. The third-order valence-corrected chi connectivity index (χ3v) is 4.29. The zero-order valence-electron chi connectivity index (χ0n) is 15.8. The normalized spacial score (nSPS) is 10.5. The van der Waals surface area contributed by atoms with E-state index in [1.807, 2.05) is 36.4 Å². The number of pyridine rings is 2. The second-order valence-electron chi connectivity index (χ2n) is 6.70. The van der Waals surface area contributed by atoms with Gasteiger partial charge in [0, 0.05) is 36.4 Å².